The largest absolute Gasteiger partial charge is 0.454 e. The smallest absolute Gasteiger partial charge is 0.339 e. The predicted octanol–water partition coefficient (Wildman–Crippen LogP) is 5.14. The van der Waals surface area contributed by atoms with E-state index < -0.39 is 0 Å². The number of carbonyl (C=O) groups is 1. The van der Waals surface area contributed by atoms with Gasteiger partial charge >= 0.3 is 5.97 Å². The van der Waals surface area contributed by atoms with Gasteiger partial charge in [0, 0.05) is 13.6 Å². The van der Waals surface area contributed by atoms with Crippen molar-refractivity contribution in [3.8, 4) is 0 Å². The zero-order valence-corrected chi connectivity index (χ0v) is 16.5. The Kier molecular flexibility index (Phi) is 6.56. The third-order valence-electron chi connectivity index (χ3n) is 4.78. The molecule has 4 nitrogen and oxygen atoms in total. The number of hydrogen-bond donors (Lipinski definition) is 0. The number of carbonyl (C=O) groups excluding carboxylic acids is 1. The zero-order chi connectivity index (χ0) is 19.3. The molecule has 1 atom stereocenters. The van der Waals surface area contributed by atoms with Crippen LogP contribution < -0.4 is 0 Å². The summed E-state index contributed by atoms with van der Waals surface area (Å²) >= 11 is 0. The van der Waals surface area contributed by atoms with Crippen LogP contribution in [0.1, 0.15) is 52.6 Å². The van der Waals surface area contributed by atoms with Crippen molar-refractivity contribution in [3.63, 3.8) is 0 Å². The van der Waals surface area contributed by atoms with E-state index in [2.05, 4.69) is 11.9 Å². The maximum Gasteiger partial charge on any atom is 0.339 e. The maximum atomic E-state index is 12.7. The summed E-state index contributed by atoms with van der Waals surface area (Å²) < 4.78 is 5.71. The SMILES string of the molecule is CCN(C)C=Nc1ccc(C(=O)OC(C)c2ccccc2C)c(C)c1C. The van der Waals surface area contributed by atoms with Crippen molar-refractivity contribution in [2.45, 2.75) is 40.7 Å². The molecule has 0 N–H and O–H groups in total. The van der Waals surface area contributed by atoms with Crippen molar-refractivity contribution in [2.75, 3.05) is 13.6 Å². The van der Waals surface area contributed by atoms with E-state index in [0.29, 0.717) is 5.56 Å². The van der Waals surface area contributed by atoms with Crippen LogP contribution in [0.25, 0.3) is 0 Å². The Morgan fingerprint density at radius 3 is 2.50 bits per heavy atom. The van der Waals surface area contributed by atoms with Gasteiger partial charge in [0.25, 0.3) is 0 Å². The molecule has 2 aromatic carbocycles. The summed E-state index contributed by atoms with van der Waals surface area (Å²) in [5.74, 6) is -0.303. The van der Waals surface area contributed by atoms with E-state index in [4.69, 9.17) is 4.74 Å². The van der Waals surface area contributed by atoms with Gasteiger partial charge in [-0.05, 0) is 69.0 Å². The highest BCUT2D eigenvalue weighted by atomic mass is 16.5. The number of aryl methyl sites for hydroxylation is 1. The molecule has 0 heterocycles. The third kappa shape index (κ3) is 4.51. The zero-order valence-electron chi connectivity index (χ0n) is 16.5. The van der Waals surface area contributed by atoms with Crippen LogP contribution in [0, 0.1) is 20.8 Å². The predicted molar refractivity (Wildman–Crippen MR) is 107 cm³/mol. The van der Waals surface area contributed by atoms with Crippen LogP contribution in [0.2, 0.25) is 0 Å². The van der Waals surface area contributed by atoms with Crippen LogP contribution in [0.15, 0.2) is 41.4 Å². The van der Waals surface area contributed by atoms with Crippen LogP contribution in [0.3, 0.4) is 0 Å². The number of rotatable bonds is 6. The fraction of sp³-hybridized carbons (Fsp3) is 0.364. The second-order valence-corrected chi connectivity index (χ2v) is 6.60. The molecule has 0 aliphatic rings. The maximum absolute atomic E-state index is 12.7. The van der Waals surface area contributed by atoms with Crippen molar-refractivity contribution in [1.82, 2.24) is 4.90 Å². The molecular weight excluding hydrogens is 324 g/mol. The summed E-state index contributed by atoms with van der Waals surface area (Å²) in [5, 5.41) is 0. The standard InChI is InChI=1S/C22H28N2O2/c1-7-24(6)14-23-21-13-12-20(16(3)17(21)4)22(25)26-18(5)19-11-9-8-10-15(19)2/h8-14,18H,7H2,1-6H3. The van der Waals surface area contributed by atoms with Gasteiger partial charge in [0.2, 0.25) is 0 Å². The number of hydrogen-bond acceptors (Lipinski definition) is 3. The lowest BCUT2D eigenvalue weighted by Crippen LogP contribution is -2.14. The van der Waals surface area contributed by atoms with E-state index in [-0.39, 0.29) is 12.1 Å². The lowest BCUT2D eigenvalue weighted by atomic mass is 10.0. The summed E-state index contributed by atoms with van der Waals surface area (Å²) in [5.41, 5.74) is 5.49. The van der Waals surface area contributed by atoms with Crippen LogP contribution in [0.5, 0.6) is 0 Å². The molecule has 2 aromatic rings. The fourth-order valence-corrected chi connectivity index (χ4v) is 2.74. The molecule has 0 saturated carbocycles. The van der Waals surface area contributed by atoms with Gasteiger partial charge in [0.05, 0.1) is 17.6 Å². The van der Waals surface area contributed by atoms with Gasteiger partial charge in [0.15, 0.2) is 0 Å². The monoisotopic (exact) mass is 352 g/mol. The molecule has 0 aromatic heterocycles. The Morgan fingerprint density at radius 1 is 1.15 bits per heavy atom. The Labute approximate surface area is 156 Å². The van der Waals surface area contributed by atoms with Crippen molar-refractivity contribution in [1.29, 1.82) is 0 Å². The average molecular weight is 352 g/mol. The molecule has 1 unspecified atom stereocenters. The first-order valence-electron chi connectivity index (χ1n) is 8.96. The molecule has 0 radical (unpaired) electrons. The molecule has 2 rings (SSSR count). The molecular formula is C22H28N2O2. The van der Waals surface area contributed by atoms with E-state index in [1.807, 2.05) is 70.0 Å². The fourth-order valence-electron chi connectivity index (χ4n) is 2.74. The van der Waals surface area contributed by atoms with Crippen LogP contribution in [0.4, 0.5) is 5.69 Å². The Hall–Kier alpha value is -2.62. The van der Waals surface area contributed by atoms with E-state index >= 15 is 0 Å². The Morgan fingerprint density at radius 2 is 1.85 bits per heavy atom. The van der Waals surface area contributed by atoms with Crippen LogP contribution >= 0.6 is 0 Å². The normalized spacial score (nSPS) is 12.2. The lowest BCUT2D eigenvalue weighted by molar-refractivity contribution is 0.0336. The Balaban J connectivity index is 2.20. The lowest BCUT2D eigenvalue weighted by Gasteiger charge is -2.17. The summed E-state index contributed by atoms with van der Waals surface area (Å²) in [6.45, 7) is 10.8. The second kappa shape index (κ2) is 8.65. The highest BCUT2D eigenvalue weighted by Gasteiger charge is 2.18. The van der Waals surface area contributed by atoms with Gasteiger partial charge in [-0.3, -0.25) is 0 Å². The van der Waals surface area contributed by atoms with E-state index in [9.17, 15) is 4.79 Å². The minimum atomic E-state index is -0.303. The number of nitrogens with zero attached hydrogens (tertiary/aromatic N) is 2. The van der Waals surface area contributed by atoms with Crippen molar-refractivity contribution >= 4 is 18.0 Å². The minimum Gasteiger partial charge on any atom is -0.454 e. The molecule has 0 aliphatic heterocycles. The number of benzene rings is 2. The minimum absolute atomic E-state index is 0.292. The molecule has 0 bridgehead atoms. The van der Waals surface area contributed by atoms with Crippen LogP contribution in [-0.4, -0.2) is 30.8 Å². The summed E-state index contributed by atoms with van der Waals surface area (Å²) in [6.07, 6.45) is 1.51. The molecule has 0 aliphatic carbocycles. The molecule has 138 valence electrons. The van der Waals surface area contributed by atoms with Crippen molar-refractivity contribution in [2.24, 2.45) is 4.99 Å². The molecule has 0 saturated heterocycles. The van der Waals surface area contributed by atoms with Crippen molar-refractivity contribution in [3.05, 3.63) is 64.2 Å². The van der Waals surface area contributed by atoms with E-state index in [1.54, 1.807) is 12.4 Å². The van der Waals surface area contributed by atoms with E-state index in [0.717, 1.165) is 34.5 Å². The van der Waals surface area contributed by atoms with Crippen molar-refractivity contribution < 1.29 is 9.53 Å². The first kappa shape index (κ1) is 19.7. The van der Waals surface area contributed by atoms with Gasteiger partial charge in [-0.25, -0.2) is 9.79 Å². The number of esters is 1. The summed E-state index contributed by atoms with van der Waals surface area (Å²) in [7, 11) is 1.98. The summed E-state index contributed by atoms with van der Waals surface area (Å²) in [6, 6.07) is 11.6. The molecule has 0 amide bonds. The molecule has 0 fully saturated rings. The van der Waals surface area contributed by atoms with Gasteiger partial charge < -0.3 is 9.64 Å². The number of ether oxygens (including phenoxy) is 1. The van der Waals surface area contributed by atoms with Gasteiger partial charge in [-0.15, -0.1) is 0 Å². The quantitative estimate of drug-likeness (QED) is 0.410. The average Bonchev–Trinajstić information content (AvgIpc) is 2.62. The third-order valence-corrected chi connectivity index (χ3v) is 4.78. The molecule has 4 heteroatoms. The van der Waals surface area contributed by atoms with Crippen LogP contribution in [-0.2, 0) is 4.74 Å². The highest BCUT2D eigenvalue weighted by Crippen LogP contribution is 2.27. The molecule has 0 spiro atoms. The summed E-state index contributed by atoms with van der Waals surface area (Å²) in [4.78, 5) is 19.2. The van der Waals surface area contributed by atoms with Gasteiger partial charge in [0.1, 0.15) is 6.10 Å². The van der Waals surface area contributed by atoms with E-state index in [1.165, 1.54) is 0 Å². The first-order chi connectivity index (χ1) is 12.3. The first-order valence-corrected chi connectivity index (χ1v) is 8.96. The topological polar surface area (TPSA) is 41.9 Å². The second-order valence-electron chi connectivity index (χ2n) is 6.60. The Bertz CT molecular complexity index is 812. The number of aliphatic imine (C=N–C) groups is 1. The van der Waals surface area contributed by atoms with Gasteiger partial charge in [-0.2, -0.15) is 0 Å². The van der Waals surface area contributed by atoms with Gasteiger partial charge in [-0.1, -0.05) is 24.3 Å². The highest BCUT2D eigenvalue weighted by molar-refractivity contribution is 5.92. The molecule has 26 heavy (non-hydrogen) atoms.